The summed E-state index contributed by atoms with van der Waals surface area (Å²) in [4.78, 5) is 13.3. The molecule has 5 nitrogen and oxygen atoms in total. The van der Waals surface area contributed by atoms with Crippen LogP contribution in [0.4, 0.5) is 4.39 Å². The van der Waals surface area contributed by atoms with E-state index in [0.29, 0.717) is 47.9 Å². The van der Waals surface area contributed by atoms with Crippen LogP contribution < -0.4 is 14.2 Å². The van der Waals surface area contributed by atoms with Gasteiger partial charge in [0, 0.05) is 32.0 Å². The lowest BCUT2D eigenvalue weighted by Gasteiger charge is -2.16. The second kappa shape index (κ2) is 7.64. The zero-order chi connectivity index (χ0) is 18.7. The average Bonchev–Trinajstić information content (AvgIpc) is 2.96. The minimum atomic E-state index is -0.412. The first kappa shape index (κ1) is 18.0. The van der Waals surface area contributed by atoms with Gasteiger partial charge in [0.15, 0.2) is 0 Å². The summed E-state index contributed by atoms with van der Waals surface area (Å²) in [5.74, 6) is 1.39. The van der Waals surface area contributed by atoms with Crippen molar-refractivity contribution in [3.8, 4) is 28.4 Å². The molecule has 3 rings (SSSR count). The van der Waals surface area contributed by atoms with Crippen LogP contribution >= 0.6 is 0 Å². The molecule has 0 spiro atoms. The highest BCUT2D eigenvalue weighted by molar-refractivity contribution is 5.78. The van der Waals surface area contributed by atoms with E-state index in [1.165, 1.54) is 12.1 Å². The van der Waals surface area contributed by atoms with Gasteiger partial charge in [-0.1, -0.05) is 6.07 Å². The van der Waals surface area contributed by atoms with Crippen molar-refractivity contribution in [1.29, 1.82) is 0 Å². The number of carbonyl (C=O) groups excluding carboxylic acids is 1. The third-order valence-corrected chi connectivity index (χ3v) is 4.49. The summed E-state index contributed by atoms with van der Waals surface area (Å²) >= 11 is 0. The van der Waals surface area contributed by atoms with Gasteiger partial charge >= 0.3 is 0 Å². The Balaban J connectivity index is 1.86. The van der Waals surface area contributed by atoms with Crippen molar-refractivity contribution < 1.29 is 23.4 Å². The number of rotatable bonds is 6. The summed E-state index contributed by atoms with van der Waals surface area (Å²) in [6, 6.07) is 9.91. The minimum absolute atomic E-state index is 0.109. The molecule has 6 heteroatoms. The van der Waals surface area contributed by atoms with Gasteiger partial charge in [-0.25, -0.2) is 4.39 Å². The quantitative estimate of drug-likeness (QED) is 0.793. The highest BCUT2D eigenvalue weighted by Crippen LogP contribution is 2.39. The minimum Gasteiger partial charge on any atom is -0.496 e. The van der Waals surface area contributed by atoms with Crippen LogP contribution in [0.2, 0.25) is 0 Å². The first-order valence-electron chi connectivity index (χ1n) is 8.40. The molecule has 26 heavy (non-hydrogen) atoms. The molecule has 0 bridgehead atoms. The molecule has 1 atom stereocenters. The van der Waals surface area contributed by atoms with Crippen molar-refractivity contribution >= 4 is 5.91 Å². The Morgan fingerprint density at radius 3 is 2.42 bits per heavy atom. The Labute approximate surface area is 152 Å². The molecule has 2 aromatic rings. The maximum atomic E-state index is 14.2. The normalized spacial score (nSPS) is 16.7. The maximum absolute atomic E-state index is 14.2. The molecular weight excluding hydrogens is 337 g/mol. The molecule has 1 unspecified atom stereocenters. The zero-order valence-electron chi connectivity index (χ0n) is 15.1. The smallest absolute Gasteiger partial charge is 0.222 e. The summed E-state index contributed by atoms with van der Waals surface area (Å²) in [6.45, 7) is 1.02. The van der Waals surface area contributed by atoms with Gasteiger partial charge in [0.2, 0.25) is 5.91 Å². The van der Waals surface area contributed by atoms with Crippen LogP contribution in [-0.4, -0.2) is 45.2 Å². The molecule has 1 heterocycles. The van der Waals surface area contributed by atoms with Gasteiger partial charge in [0.25, 0.3) is 0 Å². The molecule has 0 saturated carbocycles. The number of hydrogen-bond acceptors (Lipinski definition) is 4. The van der Waals surface area contributed by atoms with Gasteiger partial charge < -0.3 is 19.1 Å². The van der Waals surface area contributed by atoms with Crippen molar-refractivity contribution in [2.24, 2.45) is 5.92 Å². The molecule has 1 aliphatic heterocycles. The van der Waals surface area contributed by atoms with Crippen molar-refractivity contribution in [2.45, 2.75) is 6.42 Å². The third-order valence-electron chi connectivity index (χ3n) is 4.49. The van der Waals surface area contributed by atoms with Crippen molar-refractivity contribution in [3.05, 3.63) is 42.2 Å². The van der Waals surface area contributed by atoms with Gasteiger partial charge in [0.05, 0.1) is 26.4 Å². The van der Waals surface area contributed by atoms with Crippen LogP contribution in [0.3, 0.4) is 0 Å². The fourth-order valence-electron chi connectivity index (χ4n) is 3.21. The predicted molar refractivity (Wildman–Crippen MR) is 96.2 cm³/mol. The highest BCUT2D eigenvalue weighted by Gasteiger charge is 2.27. The molecule has 1 amide bonds. The molecular formula is C20H22FNO4. The predicted octanol–water partition coefficient (Wildman–Crippen LogP) is 3.37. The van der Waals surface area contributed by atoms with Crippen molar-refractivity contribution in [3.63, 3.8) is 0 Å². The van der Waals surface area contributed by atoms with Gasteiger partial charge in [-0.15, -0.1) is 0 Å². The van der Waals surface area contributed by atoms with Gasteiger partial charge in [-0.3, -0.25) is 4.79 Å². The van der Waals surface area contributed by atoms with Crippen LogP contribution in [0, 0.1) is 11.7 Å². The molecule has 0 N–H and O–H groups in total. The van der Waals surface area contributed by atoms with E-state index in [4.69, 9.17) is 14.2 Å². The van der Waals surface area contributed by atoms with Crippen molar-refractivity contribution in [2.75, 3.05) is 34.4 Å². The molecule has 0 radical (unpaired) electrons. The Morgan fingerprint density at radius 2 is 1.85 bits per heavy atom. The number of amides is 1. The number of hydrogen-bond donors (Lipinski definition) is 0. The average molecular weight is 359 g/mol. The molecule has 2 aromatic carbocycles. The number of methoxy groups -OCH3 is 2. The van der Waals surface area contributed by atoms with E-state index in [0.717, 1.165) is 0 Å². The number of carbonyl (C=O) groups is 1. The second-order valence-corrected chi connectivity index (χ2v) is 6.37. The van der Waals surface area contributed by atoms with Crippen LogP contribution in [0.5, 0.6) is 17.2 Å². The highest BCUT2D eigenvalue weighted by atomic mass is 19.1. The molecule has 0 aliphatic carbocycles. The monoisotopic (exact) mass is 359 g/mol. The van der Waals surface area contributed by atoms with Gasteiger partial charge in [0.1, 0.15) is 23.1 Å². The first-order valence-corrected chi connectivity index (χ1v) is 8.40. The largest absolute Gasteiger partial charge is 0.496 e. The van der Waals surface area contributed by atoms with E-state index in [2.05, 4.69) is 0 Å². The lowest BCUT2D eigenvalue weighted by molar-refractivity contribution is -0.126. The van der Waals surface area contributed by atoms with E-state index in [-0.39, 0.29) is 11.8 Å². The van der Waals surface area contributed by atoms with Crippen molar-refractivity contribution in [1.82, 2.24) is 4.90 Å². The van der Waals surface area contributed by atoms with Gasteiger partial charge in [-0.05, 0) is 29.8 Å². The molecule has 1 aliphatic rings. The summed E-state index contributed by atoms with van der Waals surface area (Å²) < 4.78 is 30.8. The lowest BCUT2D eigenvalue weighted by atomic mass is 10.0. The molecule has 1 saturated heterocycles. The Morgan fingerprint density at radius 1 is 1.15 bits per heavy atom. The lowest BCUT2D eigenvalue weighted by Crippen LogP contribution is -2.20. The van der Waals surface area contributed by atoms with Crippen LogP contribution in [0.1, 0.15) is 6.42 Å². The van der Waals surface area contributed by atoms with Gasteiger partial charge in [-0.2, -0.15) is 0 Å². The number of benzene rings is 2. The Bertz CT molecular complexity index is 786. The standard InChI is InChI=1S/C20H22FNO4/c1-22-11-13(7-19(22)23)12-26-16-9-14(8-15(21)10-16)20-17(24-2)5-4-6-18(20)25-3/h4-6,8-10,13H,7,11-12H2,1-3H3. The number of nitrogens with zero attached hydrogens (tertiary/aromatic N) is 1. The van der Waals surface area contributed by atoms with Crippen LogP contribution in [0.15, 0.2) is 36.4 Å². The summed E-state index contributed by atoms with van der Waals surface area (Å²) in [7, 11) is 4.89. The molecule has 1 fully saturated rings. The van der Waals surface area contributed by atoms with E-state index in [9.17, 15) is 9.18 Å². The second-order valence-electron chi connectivity index (χ2n) is 6.37. The molecule has 138 valence electrons. The number of ether oxygens (including phenoxy) is 3. The van der Waals surface area contributed by atoms with E-state index in [1.54, 1.807) is 44.4 Å². The fraction of sp³-hybridized carbons (Fsp3) is 0.350. The van der Waals surface area contributed by atoms with E-state index < -0.39 is 5.82 Å². The summed E-state index contributed by atoms with van der Waals surface area (Å²) in [6.07, 6.45) is 0.457. The summed E-state index contributed by atoms with van der Waals surface area (Å²) in [5, 5.41) is 0. The number of likely N-dealkylation sites (tertiary alicyclic amines) is 1. The first-order chi connectivity index (χ1) is 12.5. The fourth-order valence-corrected chi connectivity index (χ4v) is 3.21. The Kier molecular flexibility index (Phi) is 5.30. The van der Waals surface area contributed by atoms with Crippen LogP contribution in [0.25, 0.3) is 11.1 Å². The maximum Gasteiger partial charge on any atom is 0.222 e. The Hall–Kier alpha value is -2.76. The van der Waals surface area contributed by atoms with Crippen LogP contribution in [-0.2, 0) is 4.79 Å². The third kappa shape index (κ3) is 3.74. The SMILES string of the molecule is COc1cccc(OC)c1-c1cc(F)cc(OCC2CC(=O)N(C)C2)c1. The topological polar surface area (TPSA) is 48.0 Å². The summed E-state index contributed by atoms with van der Waals surface area (Å²) in [5.41, 5.74) is 1.27. The molecule has 0 aromatic heterocycles. The van der Waals surface area contributed by atoms with E-state index in [1.807, 2.05) is 6.07 Å². The van der Waals surface area contributed by atoms with E-state index >= 15 is 0 Å². The number of halogens is 1. The zero-order valence-corrected chi connectivity index (χ0v) is 15.1.